The van der Waals surface area contributed by atoms with Gasteiger partial charge in [-0.2, -0.15) is 0 Å². The van der Waals surface area contributed by atoms with Crippen molar-refractivity contribution in [2.45, 2.75) is 25.1 Å². The summed E-state index contributed by atoms with van der Waals surface area (Å²) in [5, 5.41) is -0.872. The summed E-state index contributed by atoms with van der Waals surface area (Å²) in [7, 11) is -3.52. The molecule has 0 aromatic heterocycles. The first-order valence-corrected chi connectivity index (χ1v) is 7.15. The molecule has 0 aliphatic carbocycles. The van der Waals surface area contributed by atoms with E-state index in [2.05, 4.69) is 4.72 Å². The molecule has 0 radical (unpaired) electrons. The summed E-state index contributed by atoms with van der Waals surface area (Å²) >= 11 is 4.69. The Labute approximate surface area is 107 Å². The van der Waals surface area contributed by atoms with Gasteiger partial charge in [0.25, 0.3) is 0 Å². The van der Waals surface area contributed by atoms with E-state index >= 15 is 0 Å². The van der Waals surface area contributed by atoms with Crippen LogP contribution in [0.15, 0.2) is 30.3 Å². The summed E-state index contributed by atoms with van der Waals surface area (Å²) in [6, 6.07) is 9.01. The van der Waals surface area contributed by atoms with Gasteiger partial charge in [0.15, 0.2) is 0 Å². The molecule has 0 heterocycles. The maximum absolute atomic E-state index is 11.9. The van der Waals surface area contributed by atoms with Gasteiger partial charge >= 0.3 is 0 Å². The third kappa shape index (κ3) is 3.76. The Morgan fingerprint density at radius 1 is 1.29 bits per heavy atom. The van der Waals surface area contributed by atoms with Crippen molar-refractivity contribution in [3.05, 3.63) is 35.9 Å². The zero-order valence-electron chi connectivity index (χ0n) is 9.75. The molecule has 0 amide bonds. The van der Waals surface area contributed by atoms with Crippen molar-refractivity contribution in [3.63, 3.8) is 0 Å². The molecule has 0 bridgehead atoms. The van der Waals surface area contributed by atoms with E-state index in [1.54, 1.807) is 6.92 Å². The van der Waals surface area contributed by atoms with Crippen molar-refractivity contribution in [3.8, 4) is 0 Å². The second-order valence-electron chi connectivity index (χ2n) is 3.84. The van der Waals surface area contributed by atoms with Gasteiger partial charge in [-0.15, -0.1) is 0 Å². The Morgan fingerprint density at radius 2 is 1.82 bits per heavy atom. The lowest BCUT2D eigenvalue weighted by Gasteiger charge is -2.18. The summed E-state index contributed by atoms with van der Waals surface area (Å²) in [4.78, 5) is -0.0299. The summed E-state index contributed by atoms with van der Waals surface area (Å²) < 4.78 is 26.3. The highest BCUT2D eigenvalue weighted by Gasteiger charge is 2.25. The smallest absolute Gasteiger partial charge is 0.221 e. The molecule has 2 unspecified atom stereocenters. The number of sulfonamides is 1. The van der Waals surface area contributed by atoms with Crippen LogP contribution >= 0.6 is 12.2 Å². The van der Waals surface area contributed by atoms with E-state index in [1.807, 2.05) is 30.3 Å². The molecule has 0 aliphatic heterocycles. The lowest BCUT2D eigenvalue weighted by molar-refractivity contribution is 0.564. The molecule has 4 nitrogen and oxygen atoms in total. The molecule has 0 fully saturated rings. The van der Waals surface area contributed by atoms with E-state index in [4.69, 9.17) is 18.0 Å². The number of hydrogen-bond donors (Lipinski definition) is 2. The standard InChI is InChI=1S/C11H16N2O2S2/c1-8(10-6-4-3-5-7-10)13-17(14,15)9(2)11(12)16/h3-9,13H,1-2H3,(H2,12,16). The average Bonchev–Trinajstić information content (AvgIpc) is 2.28. The number of thiocarbonyl (C=S) groups is 1. The minimum Gasteiger partial charge on any atom is -0.392 e. The molecule has 0 spiro atoms. The highest BCUT2D eigenvalue weighted by Crippen LogP contribution is 2.14. The SMILES string of the molecule is CC(NS(=O)(=O)C(C)C(N)=S)c1ccccc1. The Bertz CT molecular complexity index is 485. The maximum atomic E-state index is 11.9. The zero-order chi connectivity index (χ0) is 13.1. The number of nitrogens with one attached hydrogen (secondary N) is 1. The second kappa shape index (κ2) is 5.57. The average molecular weight is 272 g/mol. The number of nitrogens with two attached hydrogens (primary N) is 1. The maximum Gasteiger partial charge on any atom is 0.221 e. The summed E-state index contributed by atoms with van der Waals surface area (Å²) in [5.74, 6) is 0. The van der Waals surface area contributed by atoms with Gasteiger partial charge < -0.3 is 5.73 Å². The molecule has 2 atom stereocenters. The predicted octanol–water partition coefficient (Wildman–Crippen LogP) is 1.34. The van der Waals surface area contributed by atoms with Gasteiger partial charge in [0.1, 0.15) is 5.25 Å². The van der Waals surface area contributed by atoms with Crippen LogP contribution in [0.3, 0.4) is 0 Å². The highest BCUT2D eigenvalue weighted by molar-refractivity contribution is 7.93. The topological polar surface area (TPSA) is 72.2 Å². The van der Waals surface area contributed by atoms with E-state index in [-0.39, 0.29) is 11.0 Å². The first-order chi connectivity index (χ1) is 7.84. The van der Waals surface area contributed by atoms with Gasteiger partial charge in [0.2, 0.25) is 10.0 Å². The van der Waals surface area contributed by atoms with Crippen LogP contribution in [0.1, 0.15) is 25.5 Å². The fraction of sp³-hybridized carbons (Fsp3) is 0.364. The first-order valence-electron chi connectivity index (χ1n) is 5.20. The molecule has 3 N–H and O–H groups in total. The molecule has 6 heteroatoms. The van der Waals surface area contributed by atoms with Gasteiger partial charge in [-0.25, -0.2) is 13.1 Å². The van der Waals surface area contributed by atoms with E-state index in [0.29, 0.717) is 0 Å². The third-order valence-electron chi connectivity index (χ3n) is 2.51. The fourth-order valence-electron chi connectivity index (χ4n) is 1.31. The van der Waals surface area contributed by atoms with Crippen LogP contribution in [0, 0.1) is 0 Å². The largest absolute Gasteiger partial charge is 0.392 e. The molecule has 1 aromatic carbocycles. The highest BCUT2D eigenvalue weighted by atomic mass is 32.2. The van der Waals surface area contributed by atoms with Crippen molar-refractivity contribution in [2.24, 2.45) is 5.73 Å². The van der Waals surface area contributed by atoms with Crippen LogP contribution in [0.2, 0.25) is 0 Å². The monoisotopic (exact) mass is 272 g/mol. The summed E-state index contributed by atoms with van der Waals surface area (Å²) in [6.07, 6.45) is 0. The summed E-state index contributed by atoms with van der Waals surface area (Å²) in [5.41, 5.74) is 6.24. The number of rotatable bonds is 5. The van der Waals surface area contributed by atoms with Crippen LogP contribution in [0.25, 0.3) is 0 Å². The van der Waals surface area contributed by atoms with Crippen LogP contribution in [-0.4, -0.2) is 18.7 Å². The minimum absolute atomic E-state index is 0.0299. The Morgan fingerprint density at radius 3 is 2.29 bits per heavy atom. The second-order valence-corrected chi connectivity index (χ2v) is 6.34. The van der Waals surface area contributed by atoms with Crippen LogP contribution < -0.4 is 10.5 Å². The Kier molecular flexibility index (Phi) is 4.62. The van der Waals surface area contributed by atoms with Crippen molar-refractivity contribution in [1.29, 1.82) is 0 Å². The van der Waals surface area contributed by atoms with Crippen LogP contribution in [-0.2, 0) is 10.0 Å². The normalized spacial score (nSPS) is 15.2. The molecular formula is C11H16N2O2S2. The molecule has 1 aromatic rings. The van der Waals surface area contributed by atoms with E-state index in [9.17, 15) is 8.42 Å². The van der Waals surface area contributed by atoms with Crippen molar-refractivity contribution in [1.82, 2.24) is 4.72 Å². The van der Waals surface area contributed by atoms with Gasteiger partial charge in [0.05, 0.1) is 4.99 Å². The number of benzene rings is 1. The molecule has 0 saturated heterocycles. The Hall–Kier alpha value is -0.980. The predicted molar refractivity (Wildman–Crippen MR) is 73.2 cm³/mol. The Balaban J connectivity index is 2.82. The zero-order valence-corrected chi connectivity index (χ0v) is 11.4. The number of hydrogen-bond acceptors (Lipinski definition) is 3. The van der Waals surface area contributed by atoms with Crippen LogP contribution in [0.4, 0.5) is 0 Å². The third-order valence-corrected chi connectivity index (χ3v) is 4.88. The lowest BCUT2D eigenvalue weighted by Crippen LogP contribution is -2.40. The molecular weight excluding hydrogens is 256 g/mol. The minimum atomic E-state index is -3.52. The van der Waals surface area contributed by atoms with Crippen molar-refractivity contribution < 1.29 is 8.42 Å². The van der Waals surface area contributed by atoms with E-state index < -0.39 is 15.3 Å². The van der Waals surface area contributed by atoms with Gasteiger partial charge in [-0.3, -0.25) is 0 Å². The van der Waals surface area contributed by atoms with Gasteiger partial charge in [-0.1, -0.05) is 42.5 Å². The van der Waals surface area contributed by atoms with Gasteiger partial charge in [0, 0.05) is 6.04 Å². The fourth-order valence-corrected chi connectivity index (χ4v) is 2.83. The molecule has 17 heavy (non-hydrogen) atoms. The summed E-state index contributed by atoms with van der Waals surface area (Å²) in [6.45, 7) is 3.25. The molecule has 0 aliphatic rings. The molecule has 94 valence electrons. The quantitative estimate of drug-likeness (QED) is 0.794. The van der Waals surface area contributed by atoms with Crippen molar-refractivity contribution in [2.75, 3.05) is 0 Å². The molecule has 0 saturated carbocycles. The van der Waals surface area contributed by atoms with Crippen LogP contribution in [0.5, 0.6) is 0 Å². The van der Waals surface area contributed by atoms with E-state index in [0.717, 1.165) is 5.56 Å². The molecule has 1 rings (SSSR count). The lowest BCUT2D eigenvalue weighted by atomic mass is 10.1. The van der Waals surface area contributed by atoms with E-state index in [1.165, 1.54) is 6.92 Å². The first kappa shape index (κ1) is 14.1. The van der Waals surface area contributed by atoms with Gasteiger partial charge in [-0.05, 0) is 19.4 Å². The van der Waals surface area contributed by atoms with Crippen molar-refractivity contribution >= 4 is 27.2 Å².